The fraction of sp³-hybridized carbons (Fsp3) is 0.125. The minimum Gasteiger partial charge on any atom is -0.483 e. The van der Waals surface area contributed by atoms with Crippen molar-refractivity contribution in [2.24, 2.45) is 0 Å². The molecule has 0 heterocycles. The SMILES string of the molecule is Cc1cccc(C)c1OCC(=O)NNC(=S)NC(=O)C=Cc1cccc2ccccc12. The molecule has 0 saturated heterocycles. The fourth-order valence-corrected chi connectivity index (χ4v) is 3.22. The number of hydrogen-bond acceptors (Lipinski definition) is 4. The molecule has 2 amide bonds. The highest BCUT2D eigenvalue weighted by atomic mass is 32.1. The number of fused-ring (bicyclic) bond motifs is 1. The summed E-state index contributed by atoms with van der Waals surface area (Å²) in [6.45, 7) is 3.64. The van der Waals surface area contributed by atoms with E-state index in [-0.39, 0.29) is 11.7 Å². The lowest BCUT2D eigenvalue weighted by Crippen LogP contribution is -2.49. The van der Waals surface area contributed by atoms with Gasteiger partial charge in [0.15, 0.2) is 11.7 Å². The molecule has 7 heteroatoms. The topological polar surface area (TPSA) is 79.5 Å². The van der Waals surface area contributed by atoms with Crippen LogP contribution >= 0.6 is 12.2 Å². The third kappa shape index (κ3) is 6.13. The zero-order chi connectivity index (χ0) is 22.2. The van der Waals surface area contributed by atoms with Gasteiger partial charge in [0, 0.05) is 6.08 Å². The second-order valence-corrected chi connectivity index (χ2v) is 7.31. The number of thiocarbonyl (C=S) groups is 1. The highest BCUT2D eigenvalue weighted by Crippen LogP contribution is 2.22. The van der Waals surface area contributed by atoms with Crippen molar-refractivity contribution in [1.29, 1.82) is 0 Å². The first kappa shape index (κ1) is 22.0. The lowest BCUT2D eigenvalue weighted by atomic mass is 10.0. The van der Waals surface area contributed by atoms with Crippen molar-refractivity contribution in [2.75, 3.05) is 6.61 Å². The summed E-state index contributed by atoms with van der Waals surface area (Å²) in [5.41, 5.74) is 7.71. The van der Waals surface area contributed by atoms with E-state index < -0.39 is 11.8 Å². The van der Waals surface area contributed by atoms with Crippen molar-refractivity contribution in [3.8, 4) is 5.75 Å². The van der Waals surface area contributed by atoms with Gasteiger partial charge in [-0.1, -0.05) is 60.7 Å². The molecule has 0 fully saturated rings. The van der Waals surface area contributed by atoms with E-state index in [1.165, 1.54) is 6.08 Å². The van der Waals surface area contributed by atoms with Gasteiger partial charge in [-0.25, -0.2) is 0 Å². The first-order valence-electron chi connectivity index (χ1n) is 9.68. The second-order valence-electron chi connectivity index (χ2n) is 6.90. The van der Waals surface area contributed by atoms with Crippen LogP contribution in [0.3, 0.4) is 0 Å². The molecule has 158 valence electrons. The van der Waals surface area contributed by atoms with Gasteiger partial charge in [-0.05, 0) is 59.6 Å². The van der Waals surface area contributed by atoms with Crippen molar-refractivity contribution in [1.82, 2.24) is 16.2 Å². The minimum atomic E-state index is -0.425. The van der Waals surface area contributed by atoms with Crippen LogP contribution in [0, 0.1) is 13.8 Å². The quantitative estimate of drug-likeness (QED) is 0.326. The largest absolute Gasteiger partial charge is 0.483 e. The van der Waals surface area contributed by atoms with Crippen LogP contribution in [-0.2, 0) is 9.59 Å². The molecule has 3 aromatic carbocycles. The Morgan fingerprint density at radius 1 is 0.935 bits per heavy atom. The van der Waals surface area contributed by atoms with E-state index in [9.17, 15) is 9.59 Å². The molecule has 0 aliphatic rings. The Morgan fingerprint density at radius 2 is 1.61 bits per heavy atom. The van der Waals surface area contributed by atoms with Crippen molar-refractivity contribution in [2.45, 2.75) is 13.8 Å². The molecule has 0 radical (unpaired) electrons. The van der Waals surface area contributed by atoms with Crippen molar-refractivity contribution < 1.29 is 14.3 Å². The summed E-state index contributed by atoms with van der Waals surface area (Å²) >= 11 is 5.04. The van der Waals surface area contributed by atoms with Crippen LogP contribution in [0.2, 0.25) is 0 Å². The number of para-hydroxylation sites is 1. The average Bonchev–Trinajstić information content (AvgIpc) is 2.76. The zero-order valence-corrected chi connectivity index (χ0v) is 18.1. The number of hydrazine groups is 1. The Hall–Kier alpha value is -3.71. The molecule has 0 saturated carbocycles. The average molecular weight is 434 g/mol. The standard InChI is InChI=1S/C24H23N3O3S/c1-16-7-5-8-17(2)23(16)30-15-22(29)26-27-24(31)25-21(28)14-13-19-11-6-10-18-9-3-4-12-20(18)19/h3-14H,15H2,1-2H3,(H,26,29)(H2,25,27,28,31). The Bertz CT molecular complexity index is 1130. The predicted octanol–water partition coefficient (Wildman–Crippen LogP) is 3.57. The summed E-state index contributed by atoms with van der Waals surface area (Å²) in [7, 11) is 0. The first-order valence-corrected chi connectivity index (χ1v) is 10.1. The highest BCUT2D eigenvalue weighted by molar-refractivity contribution is 7.80. The van der Waals surface area contributed by atoms with Gasteiger partial charge in [0.2, 0.25) is 5.91 Å². The first-order chi connectivity index (χ1) is 14.9. The fourth-order valence-electron chi connectivity index (χ4n) is 3.07. The van der Waals surface area contributed by atoms with Gasteiger partial charge in [0.25, 0.3) is 5.91 Å². The van der Waals surface area contributed by atoms with E-state index in [0.29, 0.717) is 5.75 Å². The van der Waals surface area contributed by atoms with E-state index in [4.69, 9.17) is 17.0 Å². The number of amides is 2. The zero-order valence-electron chi connectivity index (χ0n) is 17.3. The molecular formula is C24H23N3O3S. The minimum absolute atomic E-state index is 0.0204. The molecule has 0 unspecified atom stereocenters. The summed E-state index contributed by atoms with van der Waals surface area (Å²) in [4.78, 5) is 24.1. The smallest absolute Gasteiger partial charge is 0.276 e. The number of aryl methyl sites for hydroxylation is 2. The van der Waals surface area contributed by atoms with Crippen LogP contribution < -0.4 is 20.9 Å². The highest BCUT2D eigenvalue weighted by Gasteiger charge is 2.08. The molecule has 0 spiro atoms. The Morgan fingerprint density at radius 3 is 2.39 bits per heavy atom. The molecule has 0 aliphatic heterocycles. The molecule has 6 nitrogen and oxygen atoms in total. The Kier molecular flexibility index (Phi) is 7.35. The normalized spacial score (nSPS) is 10.6. The Balaban J connectivity index is 1.46. The van der Waals surface area contributed by atoms with Crippen LogP contribution in [0.4, 0.5) is 0 Å². The predicted molar refractivity (Wildman–Crippen MR) is 126 cm³/mol. The summed E-state index contributed by atoms with van der Waals surface area (Å²) in [6.07, 6.45) is 3.11. The van der Waals surface area contributed by atoms with Gasteiger partial charge < -0.3 is 4.74 Å². The molecule has 0 bridgehead atoms. The molecule has 3 rings (SSSR count). The lowest BCUT2D eigenvalue weighted by Gasteiger charge is -2.13. The van der Waals surface area contributed by atoms with E-state index >= 15 is 0 Å². The van der Waals surface area contributed by atoms with Crippen LogP contribution in [-0.4, -0.2) is 23.5 Å². The lowest BCUT2D eigenvalue weighted by molar-refractivity contribution is -0.123. The van der Waals surface area contributed by atoms with E-state index in [1.54, 1.807) is 6.08 Å². The molecule has 31 heavy (non-hydrogen) atoms. The molecule has 0 aliphatic carbocycles. The molecule has 0 aromatic heterocycles. The van der Waals surface area contributed by atoms with Crippen molar-refractivity contribution in [3.05, 3.63) is 83.4 Å². The number of carbonyl (C=O) groups is 2. The van der Waals surface area contributed by atoms with Crippen LogP contribution in [0.5, 0.6) is 5.75 Å². The van der Waals surface area contributed by atoms with Gasteiger partial charge >= 0.3 is 0 Å². The third-order valence-electron chi connectivity index (χ3n) is 4.55. The second kappa shape index (κ2) is 10.4. The summed E-state index contributed by atoms with van der Waals surface area (Å²) in [5.74, 6) is -0.163. The monoisotopic (exact) mass is 433 g/mol. The van der Waals surface area contributed by atoms with Gasteiger partial charge in [-0.2, -0.15) is 0 Å². The number of carbonyl (C=O) groups excluding carboxylic acids is 2. The van der Waals surface area contributed by atoms with E-state index in [1.807, 2.05) is 74.5 Å². The summed E-state index contributed by atoms with van der Waals surface area (Å²) in [5, 5.41) is 4.60. The van der Waals surface area contributed by atoms with Gasteiger partial charge in [0.1, 0.15) is 5.75 Å². The summed E-state index contributed by atoms with van der Waals surface area (Å²) < 4.78 is 5.57. The Labute approximate surface area is 186 Å². The molecule has 3 N–H and O–H groups in total. The number of ether oxygens (including phenoxy) is 1. The van der Waals surface area contributed by atoms with E-state index in [2.05, 4.69) is 16.2 Å². The van der Waals surface area contributed by atoms with Crippen LogP contribution in [0.15, 0.2) is 66.7 Å². The maximum atomic E-state index is 12.1. The number of rotatable bonds is 5. The maximum absolute atomic E-state index is 12.1. The van der Waals surface area contributed by atoms with Crippen molar-refractivity contribution in [3.63, 3.8) is 0 Å². The van der Waals surface area contributed by atoms with Crippen LogP contribution in [0.25, 0.3) is 16.8 Å². The van der Waals surface area contributed by atoms with Gasteiger partial charge in [-0.3, -0.25) is 25.8 Å². The third-order valence-corrected chi connectivity index (χ3v) is 4.75. The van der Waals surface area contributed by atoms with E-state index in [0.717, 1.165) is 27.5 Å². The van der Waals surface area contributed by atoms with Crippen molar-refractivity contribution >= 4 is 46.0 Å². The number of nitrogens with one attached hydrogen (secondary N) is 3. The maximum Gasteiger partial charge on any atom is 0.276 e. The molecule has 0 atom stereocenters. The van der Waals surface area contributed by atoms with Crippen LogP contribution in [0.1, 0.15) is 16.7 Å². The van der Waals surface area contributed by atoms with Gasteiger partial charge in [0.05, 0.1) is 0 Å². The van der Waals surface area contributed by atoms with Gasteiger partial charge in [-0.15, -0.1) is 0 Å². The number of benzene rings is 3. The molecule has 3 aromatic rings. The molecular weight excluding hydrogens is 410 g/mol. The number of hydrogen-bond donors (Lipinski definition) is 3. The summed E-state index contributed by atoms with van der Waals surface area (Å²) in [6, 6.07) is 19.5.